The van der Waals surface area contributed by atoms with Crippen molar-refractivity contribution in [3.8, 4) is 0 Å². The molecule has 0 aliphatic rings. The SMILES string of the molecule is CCc1nc(NC)cc(NCCC(C)O)n1. The fraction of sp³-hybridized carbons (Fsp3) is 0.636. The fourth-order valence-electron chi connectivity index (χ4n) is 1.28. The molecule has 0 saturated carbocycles. The number of hydrogen-bond acceptors (Lipinski definition) is 5. The summed E-state index contributed by atoms with van der Waals surface area (Å²) in [5, 5.41) is 15.3. The van der Waals surface area contributed by atoms with Crippen molar-refractivity contribution < 1.29 is 5.11 Å². The lowest BCUT2D eigenvalue weighted by molar-refractivity contribution is 0.188. The third-order valence-corrected chi connectivity index (χ3v) is 2.21. The summed E-state index contributed by atoms with van der Waals surface area (Å²) in [6, 6.07) is 1.86. The highest BCUT2D eigenvalue weighted by atomic mass is 16.3. The number of hydrogen-bond donors (Lipinski definition) is 3. The highest BCUT2D eigenvalue weighted by molar-refractivity contribution is 5.47. The number of aromatic nitrogens is 2. The number of aryl methyl sites for hydroxylation is 1. The Balaban J connectivity index is 2.64. The average Bonchev–Trinajstić information content (AvgIpc) is 2.28. The summed E-state index contributed by atoms with van der Waals surface area (Å²) >= 11 is 0. The Morgan fingerprint density at radius 1 is 1.38 bits per heavy atom. The predicted octanol–water partition coefficient (Wildman–Crippen LogP) is 1.26. The van der Waals surface area contributed by atoms with E-state index in [1.54, 1.807) is 6.92 Å². The molecule has 0 amide bonds. The smallest absolute Gasteiger partial charge is 0.132 e. The minimum Gasteiger partial charge on any atom is -0.393 e. The van der Waals surface area contributed by atoms with Crippen LogP contribution >= 0.6 is 0 Å². The molecular formula is C11H20N4O. The lowest BCUT2D eigenvalue weighted by Gasteiger charge is -2.09. The standard InChI is InChI=1S/C11H20N4O/c1-4-9-14-10(12-3)7-11(15-9)13-6-5-8(2)16/h7-8,16H,4-6H2,1-3H3,(H2,12,13,14,15). The molecular weight excluding hydrogens is 204 g/mol. The lowest BCUT2D eigenvalue weighted by Crippen LogP contribution is -2.12. The van der Waals surface area contributed by atoms with Gasteiger partial charge in [0.1, 0.15) is 17.5 Å². The maximum atomic E-state index is 9.15. The van der Waals surface area contributed by atoms with Gasteiger partial charge in [-0.2, -0.15) is 0 Å². The van der Waals surface area contributed by atoms with E-state index in [0.717, 1.165) is 23.9 Å². The van der Waals surface area contributed by atoms with E-state index in [9.17, 15) is 0 Å². The molecule has 0 aromatic carbocycles. The average molecular weight is 224 g/mol. The van der Waals surface area contributed by atoms with Crippen molar-refractivity contribution in [2.24, 2.45) is 0 Å². The van der Waals surface area contributed by atoms with Crippen LogP contribution in [0.2, 0.25) is 0 Å². The second-order valence-electron chi connectivity index (χ2n) is 3.72. The molecule has 0 bridgehead atoms. The Labute approximate surface area is 96.3 Å². The van der Waals surface area contributed by atoms with Crippen molar-refractivity contribution in [1.29, 1.82) is 0 Å². The highest BCUT2D eigenvalue weighted by Gasteiger charge is 2.02. The minimum absolute atomic E-state index is 0.288. The van der Waals surface area contributed by atoms with E-state index in [1.165, 1.54) is 0 Å². The van der Waals surface area contributed by atoms with Gasteiger partial charge in [-0.25, -0.2) is 9.97 Å². The zero-order valence-electron chi connectivity index (χ0n) is 10.1. The van der Waals surface area contributed by atoms with Crippen LogP contribution < -0.4 is 10.6 Å². The molecule has 0 fully saturated rings. The Morgan fingerprint density at radius 3 is 2.62 bits per heavy atom. The summed E-state index contributed by atoms with van der Waals surface area (Å²) in [5.41, 5.74) is 0. The fourth-order valence-corrected chi connectivity index (χ4v) is 1.28. The van der Waals surface area contributed by atoms with Gasteiger partial charge in [-0.15, -0.1) is 0 Å². The molecule has 1 rings (SSSR count). The molecule has 16 heavy (non-hydrogen) atoms. The van der Waals surface area contributed by atoms with Crippen molar-refractivity contribution in [1.82, 2.24) is 9.97 Å². The number of aliphatic hydroxyl groups is 1. The molecule has 0 spiro atoms. The third kappa shape index (κ3) is 4.02. The highest BCUT2D eigenvalue weighted by Crippen LogP contribution is 2.11. The number of anilines is 2. The van der Waals surface area contributed by atoms with E-state index < -0.39 is 0 Å². The molecule has 0 saturated heterocycles. The molecule has 0 aliphatic heterocycles. The van der Waals surface area contributed by atoms with Crippen LogP contribution in [-0.2, 0) is 6.42 Å². The van der Waals surface area contributed by atoms with E-state index in [1.807, 2.05) is 20.0 Å². The molecule has 1 heterocycles. The van der Waals surface area contributed by atoms with Crippen molar-refractivity contribution in [3.63, 3.8) is 0 Å². The van der Waals surface area contributed by atoms with E-state index in [4.69, 9.17) is 5.11 Å². The molecule has 1 aromatic rings. The van der Waals surface area contributed by atoms with Gasteiger partial charge in [-0.1, -0.05) is 6.92 Å². The largest absolute Gasteiger partial charge is 0.393 e. The quantitative estimate of drug-likeness (QED) is 0.678. The van der Waals surface area contributed by atoms with Crippen molar-refractivity contribution in [3.05, 3.63) is 11.9 Å². The summed E-state index contributed by atoms with van der Waals surface area (Å²) < 4.78 is 0. The van der Waals surface area contributed by atoms with Crippen LogP contribution in [0.1, 0.15) is 26.1 Å². The maximum absolute atomic E-state index is 9.15. The van der Waals surface area contributed by atoms with Gasteiger partial charge in [-0.3, -0.25) is 0 Å². The maximum Gasteiger partial charge on any atom is 0.132 e. The number of nitrogens with zero attached hydrogens (tertiary/aromatic N) is 2. The first-order chi connectivity index (χ1) is 7.65. The summed E-state index contributed by atoms with van der Waals surface area (Å²) in [4.78, 5) is 8.65. The summed E-state index contributed by atoms with van der Waals surface area (Å²) in [5.74, 6) is 2.43. The van der Waals surface area contributed by atoms with Crippen LogP contribution in [0.4, 0.5) is 11.6 Å². The molecule has 1 aromatic heterocycles. The second-order valence-corrected chi connectivity index (χ2v) is 3.72. The first-order valence-electron chi connectivity index (χ1n) is 5.63. The van der Waals surface area contributed by atoms with Gasteiger partial charge in [0, 0.05) is 26.1 Å². The molecule has 3 N–H and O–H groups in total. The van der Waals surface area contributed by atoms with E-state index in [0.29, 0.717) is 13.0 Å². The molecule has 1 unspecified atom stereocenters. The van der Waals surface area contributed by atoms with Crippen molar-refractivity contribution >= 4 is 11.6 Å². The zero-order valence-corrected chi connectivity index (χ0v) is 10.1. The minimum atomic E-state index is -0.288. The predicted molar refractivity (Wildman–Crippen MR) is 65.7 cm³/mol. The Morgan fingerprint density at radius 2 is 2.06 bits per heavy atom. The molecule has 90 valence electrons. The Hall–Kier alpha value is -1.36. The molecule has 5 heteroatoms. The Bertz CT molecular complexity index is 306. The van der Waals surface area contributed by atoms with Gasteiger partial charge < -0.3 is 15.7 Å². The monoisotopic (exact) mass is 224 g/mol. The van der Waals surface area contributed by atoms with Crippen LogP contribution in [0, 0.1) is 0 Å². The summed E-state index contributed by atoms with van der Waals surface area (Å²) in [6.45, 7) is 4.51. The second kappa shape index (κ2) is 6.27. The molecule has 1 atom stereocenters. The number of rotatable bonds is 6. The summed E-state index contributed by atoms with van der Waals surface area (Å²) in [6.07, 6.45) is 1.23. The van der Waals surface area contributed by atoms with Gasteiger partial charge in [-0.05, 0) is 13.3 Å². The number of aliphatic hydroxyl groups excluding tert-OH is 1. The van der Waals surface area contributed by atoms with Crippen LogP contribution in [0.5, 0.6) is 0 Å². The third-order valence-electron chi connectivity index (χ3n) is 2.21. The van der Waals surface area contributed by atoms with Crippen molar-refractivity contribution in [2.45, 2.75) is 32.8 Å². The molecule has 0 radical (unpaired) electrons. The van der Waals surface area contributed by atoms with Crippen LogP contribution in [0.15, 0.2) is 6.07 Å². The summed E-state index contributed by atoms with van der Waals surface area (Å²) in [7, 11) is 1.83. The topological polar surface area (TPSA) is 70.1 Å². The van der Waals surface area contributed by atoms with Crippen LogP contribution in [-0.4, -0.2) is 34.8 Å². The van der Waals surface area contributed by atoms with Crippen LogP contribution in [0.25, 0.3) is 0 Å². The lowest BCUT2D eigenvalue weighted by atomic mass is 10.3. The normalized spacial score (nSPS) is 12.2. The molecule has 0 aliphatic carbocycles. The Kier molecular flexibility index (Phi) is 4.98. The van der Waals surface area contributed by atoms with Gasteiger partial charge in [0.2, 0.25) is 0 Å². The van der Waals surface area contributed by atoms with Crippen LogP contribution in [0.3, 0.4) is 0 Å². The van der Waals surface area contributed by atoms with Gasteiger partial charge in [0.15, 0.2) is 0 Å². The van der Waals surface area contributed by atoms with Gasteiger partial charge >= 0.3 is 0 Å². The van der Waals surface area contributed by atoms with E-state index in [2.05, 4.69) is 20.6 Å². The van der Waals surface area contributed by atoms with Gasteiger partial charge in [0.25, 0.3) is 0 Å². The zero-order chi connectivity index (χ0) is 12.0. The first kappa shape index (κ1) is 12.7. The number of nitrogens with one attached hydrogen (secondary N) is 2. The molecule has 5 nitrogen and oxygen atoms in total. The van der Waals surface area contributed by atoms with E-state index >= 15 is 0 Å². The van der Waals surface area contributed by atoms with Crippen molar-refractivity contribution in [2.75, 3.05) is 24.2 Å². The van der Waals surface area contributed by atoms with E-state index in [-0.39, 0.29) is 6.10 Å². The first-order valence-corrected chi connectivity index (χ1v) is 5.63. The van der Waals surface area contributed by atoms with Gasteiger partial charge in [0.05, 0.1) is 6.10 Å².